The second-order valence-corrected chi connectivity index (χ2v) is 9.85. The van der Waals surface area contributed by atoms with Gasteiger partial charge in [0.2, 0.25) is 11.8 Å². The number of fused-ring (bicyclic) bond motifs is 2. The quantitative estimate of drug-likeness (QED) is 0.702. The number of rotatable bonds is 4. The van der Waals surface area contributed by atoms with Gasteiger partial charge >= 0.3 is 0 Å². The van der Waals surface area contributed by atoms with E-state index in [2.05, 4.69) is 59.2 Å². The van der Waals surface area contributed by atoms with Crippen LogP contribution < -0.4 is 10.6 Å². The van der Waals surface area contributed by atoms with Crippen LogP contribution in [0, 0.1) is 11.8 Å². The molecular weight excluding hydrogens is 396 g/mol. The maximum absolute atomic E-state index is 13.0. The highest BCUT2D eigenvalue weighted by Gasteiger charge is 2.33. The zero-order valence-electron chi connectivity index (χ0n) is 18.8. The molecule has 2 atom stereocenters. The fourth-order valence-corrected chi connectivity index (χ4v) is 6.00. The molecule has 0 saturated heterocycles. The fourth-order valence-electron chi connectivity index (χ4n) is 6.00. The molecule has 3 aliphatic carbocycles. The third-order valence-electron chi connectivity index (χ3n) is 7.84. The van der Waals surface area contributed by atoms with Gasteiger partial charge < -0.3 is 10.6 Å². The number of benzene rings is 2. The minimum absolute atomic E-state index is 0.0311. The van der Waals surface area contributed by atoms with Crippen molar-refractivity contribution in [3.63, 3.8) is 0 Å². The standard InChI is InChI=1S/C28H34N2O2/c31-27(29-25-13-5-9-19-7-1-3-11-23(19)25)21-15-17-22(18-16-21)28(32)30-26-14-6-10-20-8-2-4-12-24(20)26/h1-4,7-8,11-12,21-22,25-26H,5-6,9-10,13-18H2,(H,29,31)(H,30,32)/t21?,22?,25-,26+. The highest BCUT2D eigenvalue weighted by molar-refractivity contribution is 5.81. The highest BCUT2D eigenvalue weighted by Crippen LogP contribution is 2.34. The lowest BCUT2D eigenvalue weighted by atomic mass is 9.80. The zero-order valence-corrected chi connectivity index (χ0v) is 18.8. The lowest BCUT2D eigenvalue weighted by molar-refractivity contribution is -0.131. The zero-order chi connectivity index (χ0) is 21.9. The van der Waals surface area contributed by atoms with E-state index in [1.807, 2.05) is 0 Å². The number of carbonyl (C=O) groups excluding carboxylic acids is 2. The first kappa shape index (κ1) is 21.2. The number of hydrogen-bond acceptors (Lipinski definition) is 2. The summed E-state index contributed by atoms with van der Waals surface area (Å²) < 4.78 is 0. The Bertz CT molecular complexity index is 897. The molecule has 4 nitrogen and oxygen atoms in total. The number of hydrogen-bond donors (Lipinski definition) is 2. The predicted molar refractivity (Wildman–Crippen MR) is 126 cm³/mol. The summed E-state index contributed by atoms with van der Waals surface area (Å²) in [6.07, 6.45) is 9.71. The minimum atomic E-state index is 0.0311. The molecule has 1 fully saturated rings. The average molecular weight is 431 g/mol. The lowest BCUT2D eigenvalue weighted by Crippen LogP contribution is -2.40. The summed E-state index contributed by atoms with van der Waals surface area (Å²) in [4.78, 5) is 26.0. The van der Waals surface area contributed by atoms with Crippen LogP contribution in [-0.4, -0.2) is 11.8 Å². The van der Waals surface area contributed by atoms with Crippen LogP contribution >= 0.6 is 0 Å². The molecule has 3 aliphatic rings. The van der Waals surface area contributed by atoms with Crippen LogP contribution in [0.2, 0.25) is 0 Å². The molecule has 32 heavy (non-hydrogen) atoms. The fraction of sp³-hybridized carbons (Fsp3) is 0.500. The summed E-state index contributed by atoms with van der Waals surface area (Å²) in [5, 5.41) is 6.65. The van der Waals surface area contributed by atoms with Crippen molar-refractivity contribution < 1.29 is 9.59 Å². The average Bonchev–Trinajstić information content (AvgIpc) is 2.84. The third-order valence-corrected chi connectivity index (χ3v) is 7.84. The van der Waals surface area contributed by atoms with Crippen LogP contribution in [0.25, 0.3) is 0 Å². The van der Waals surface area contributed by atoms with Crippen molar-refractivity contribution in [3.05, 3.63) is 70.8 Å². The van der Waals surface area contributed by atoms with E-state index in [4.69, 9.17) is 0 Å². The molecule has 0 aliphatic heterocycles. The molecule has 168 valence electrons. The van der Waals surface area contributed by atoms with Crippen molar-refractivity contribution in [3.8, 4) is 0 Å². The van der Waals surface area contributed by atoms with Gasteiger partial charge in [-0.2, -0.15) is 0 Å². The number of nitrogens with one attached hydrogen (secondary N) is 2. The van der Waals surface area contributed by atoms with E-state index in [1.165, 1.54) is 22.3 Å². The summed E-state index contributed by atoms with van der Waals surface area (Å²) in [5.74, 6) is 0.408. The Morgan fingerprint density at radius 1 is 0.594 bits per heavy atom. The second-order valence-electron chi connectivity index (χ2n) is 9.85. The molecule has 0 spiro atoms. The van der Waals surface area contributed by atoms with E-state index in [-0.39, 0.29) is 35.7 Å². The Morgan fingerprint density at radius 3 is 1.44 bits per heavy atom. The van der Waals surface area contributed by atoms with Crippen molar-refractivity contribution in [2.75, 3.05) is 0 Å². The molecule has 0 bridgehead atoms. The topological polar surface area (TPSA) is 58.2 Å². The number of carbonyl (C=O) groups is 2. The summed E-state index contributed by atoms with van der Waals surface area (Å²) in [6, 6.07) is 17.3. The molecule has 4 heteroatoms. The number of amides is 2. The molecular formula is C28H34N2O2. The van der Waals surface area contributed by atoms with Gasteiger partial charge in [-0.05, 0) is 86.5 Å². The Kier molecular flexibility index (Phi) is 6.29. The summed E-state index contributed by atoms with van der Waals surface area (Å²) >= 11 is 0. The maximum atomic E-state index is 13.0. The smallest absolute Gasteiger partial charge is 0.223 e. The van der Waals surface area contributed by atoms with Crippen molar-refractivity contribution in [1.82, 2.24) is 10.6 Å². The minimum Gasteiger partial charge on any atom is -0.349 e. The van der Waals surface area contributed by atoms with Crippen LogP contribution in [-0.2, 0) is 22.4 Å². The lowest BCUT2D eigenvalue weighted by Gasteiger charge is -2.32. The first-order chi connectivity index (χ1) is 15.7. The van der Waals surface area contributed by atoms with Gasteiger partial charge in [-0.3, -0.25) is 9.59 Å². The molecule has 2 aromatic carbocycles. The largest absolute Gasteiger partial charge is 0.349 e. The molecule has 1 saturated carbocycles. The monoisotopic (exact) mass is 430 g/mol. The maximum Gasteiger partial charge on any atom is 0.223 e. The predicted octanol–water partition coefficient (Wildman–Crippen LogP) is 5.18. The van der Waals surface area contributed by atoms with Gasteiger partial charge in [0.25, 0.3) is 0 Å². The first-order valence-electron chi connectivity index (χ1n) is 12.5. The van der Waals surface area contributed by atoms with Gasteiger partial charge in [-0.15, -0.1) is 0 Å². The Balaban J connectivity index is 1.14. The first-order valence-corrected chi connectivity index (χ1v) is 12.5. The van der Waals surface area contributed by atoms with Crippen LogP contribution in [0.1, 0.15) is 85.7 Å². The summed E-state index contributed by atoms with van der Waals surface area (Å²) in [5.41, 5.74) is 5.31. The molecule has 0 heterocycles. The van der Waals surface area contributed by atoms with E-state index in [9.17, 15) is 9.59 Å². The second kappa shape index (κ2) is 9.48. The van der Waals surface area contributed by atoms with Crippen molar-refractivity contribution in [2.45, 2.75) is 76.3 Å². The van der Waals surface area contributed by atoms with Gasteiger partial charge in [-0.25, -0.2) is 0 Å². The Labute approximate surface area is 191 Å². The van der Waals surface area contributed by atoms with E-state index in [1.54, 1.807) is 0 Å². The normalized spacial score (nSPS) is 27.0. The van der Waals surface area contributed by atoms with Gasteiger partial charge in [0.15, 0.2) is 0 Å². The van der Waals surface area contributed by atoms with Gasteiger partial charge in [-0.1, -0.05) is 48.5 Å². The van der Waals surface area contributed by atoms with Gasteiger partial charge in [0.05, 0.1) is 12.1 Å². The Hall–Kier alpha value is -2.62. The van der Waals surface area contributed by atoms with Crippen molar-refractivity contribution in [2.24, 2.45) is 11.8 Å². The van der Waals surface area contributed by atoms with E-state index in [0.29, 0.717) is 0 Å². The Morgan fingerprint density at radius 2 is 1.00 bits per heavy atom. The molecule has 5 rings (SSSR count). The van der Waals surface area contributed by atoms with Gasteiger partial charge in [0.1, 0.15) is 0 Å². The molecule has 0 radical (unpaired) electrons. The SMILES string of the molecule is O=C(N[C@H]1CCCc2ccccc21)C1CCC(C(=O)N[C@@H]2CCCc3ccccc32)CC1. The van der Waals surface area contributed by atoms with Crippen molar-refractivity contribution >= 4 is 11.8 Å². The van der Waals surface area contributed by atoms with Gasteiger partial charge in [0, 0.05) is 11.8 Å². The molecule has 0 aromatic heterocycles. The van der Waals surface area contributed by atoms with E-state index in [0.717, 1.165) is 64.2 Å². The molecule has 2 aromatic rings. The van der Waals surface area contributed by atoms with Crippen molar-refractivity contribution in [1.29, 1.82) is 0 Å². The number of aryl methyl sites for hydroxylation is 2. The van der Waals surface area contributed by atoms with Crippen LogP contribution in [0.5, 0.6) is 0 Å². The molecule has 2 amide bonds. The van der Waals surface area contributed by atoms with E-state index >= 15 is 0 Å². The summed E-state index contributed by atoms with van der Waals surface area (Å²) in [7, 11) is 0. The molecule has 2 N–H and O–H groups in total. The summed E-state index contributed by atoms with van der Waals surface area (Å²) in [6.45, 7) is 0. The van der Waals surface area contributed by atoms with Crippen LogP contribution in [0.3, 0.4) is 0 Å². The molecule has 0 unspecified atom stereocenters. The third kappa shape index (κ3) is 4.46. The van der Waals surface area contributed by atoms with Crippen LogP contribution in [0.4, 0.5) is 0 Å². The highest BCUT2D eigenvalue weighted by atomic mass is 16.2. The van der Waals surface area contributed by atoms with E-state index < -0.39 is 0 Å². The van der Waals surface area contributed by atoms with Crippen LogP contribution in [0.15, 0.2) is 48.5 Å².